The molecule has 0 radical (unpaired) electrons. The number of aromatic nitrogens is 3. The van der Waals surface area contributed by atoms with Crippen molar-refractivity contribution < 1.29 is 9.53 Å². The number of fused-ring (bicyclic) bond motifs is 2. The number of hydrogen-bond donors (Lipinski definition) is 2. The van der Waals surface area contributed by atoms with Gasteiger partial charge in [-0.2, -0.15) is 0 Å². The Balaban J connectivity index is 1.29. The monoisotopic (exact) mass is 579 g/mol. The van der Waals surface area contributed by atoms with E-state index in [0.29, 0.717) is 0 Å². The van der Waals surface area contributed by atoms with Crippen LogP contribution in [0, 0.1) is 13.8 Å². The second-order valence-corrected chi connectivity index (χ2v) is 13.0. The third-order valence-corrected chi connectivity index (χ3v) is 9.69. The quantitative estimate of drug-likeness (QED) is 0.355. The van der Waals surface area contributed by atoms with Gasteiger partial charge in [0.2, 0.25) is 5.91 Å². The molecule has 9 heteroatoms. The van der Waals surface area contributed by atoms with Crippen LogP contribution in [0.4, 0.5) is 11.5 Å². The van der Waals surface area contributed by atoms with Crippen LogP contribution in [0.2, 0.25) is 0 Å². The zero-order valence-corrected chi connectivity index (χ0v) is 25.6. The lowest BCUT2D eigenvalue weighted by atomic mass is 9.80. The van der Waals surface area contributed by atoms with E-state index >= 15 is 0 Å². The highest BCUT2D eigenvalue weighted by molar-refractivity contribution is 5.96. The van der Waals surface area contributed by atoms with Gasteiger partial charge in [0.15, 0.2) is 5.82 Å². The summed E-state index contributed by atoms with van der Waals surface area (Å²) in [7, 11) is 0. The number of primary amides is 1. The van der Waals surface area contributed by atoms with Crippen LogP contribution in [-0.4, -0.2) is 77.7 Å². The second kappa shape index (κ2) is 10.6. The van der Waals surface area contributed by atoms with Crippen LogP contribution < -0.4 is 15.5 Å². The summed E-state index contributed by atoms with van der Waals surface area (Å²) in [6, 6.07) is 13.4. The van der Waals surface area contributed by atoms with Crippen LogP contribution >= 0.6 is 0 Å². The number of carbonyl (C=O) groups excluding carboxylic acids is 1. The van der Waals surface area contributed by atoms with Crippen LogP contribution in [-0.2, 0) is 27.9 Å². The molecule has 1 unspecified atom stereocenters. The van der Waals surface area contributed by atoms with Crippen molar-refractivity contribution in [1.82, 2.24) is 19.9 Å². The van der Waals surface area contributed by atoms with Crippen LogP contribution in [0.25, 0.3) is 22.3 Å². The first-order valence-electron chi connectivity index (χ1n) is 15.4. The number of piperazine rings is 1. The molecule has 2 aromatic heterocycles. The van der Waals surface area contributed by atoms with Crippen molar-refractivity contribution in [2.75, 3.05) is 55.7 Å². The molecule has 0 spiro atoms. The van der Waals surface area contributed by atoms with Gasteiger partial charge in [0, 0.05) is 84.5 Å². The second-order valence-electron chi connectivity index (χ2n) is 13.0. The van der Waals surface area contributed by atoms with Crippen molar-refractivity contribution in [3.8, 4) is 11.4 Å². The topological polar surface area (TPSA) is 104 Å². The van der Waals surface area contributed by atoms with E-state index in [1.54, 1.807) is 0 Å². The van der Waals surface area contributed by atoms with Gasteiger partial charge in [0.25, 0.3) is 0 Å². The zero-order chi connectivity index (χ0) is 29.9. The van der Waals surface area contributed by atoms with Crippen molar-refractivity contribution in [3.63, 3.8) is 0 Å². The van der Waals surface area contributed by atoms with Crippen LogP contribution in [0.1, 0.15) is 41.8 Å². The van der Waals surface area contributed by atoms with Gasteiger partial charge in [-0.15, -0.1) is 0 Å². The molecular weight excluding hydrogens is 538 g/mol. The van der Waals surface area contributed by atoms with E-state index in [4.69, 9.17) is 20.4 Å². The van der Waals surface area contributed by atoms with E-state index in [2.05, 4.69) is 90.0 Å². The minimum Gasteiger partial charge on any atom is -0.379 e. The standard InChI is InChI=1S/C34H41N7O2/c1-21-8-9-24(34(4)19-43-20-34)14-29(21)40-11-10-27-26(17-40)33(41-13-12-39(18-30(35)42)23(3)16-41)38-32(37-27)25-6-5-7-28-31(25)22(2)15-36-28/h5-9,14-15,23,36H,10-13,16-20H2,1-4H3,(H2,35,42). The molecule has 2 fully saturated rings. The Labute approximate surface area is 253 Å². The van der Waals surface area contributed by atoms with Gasteiger partial charge in [0.05, 0.1) is 25.5 Å². The number of aryl methyl sites for hydroxylation is 2. The molecule has 224 valence electrons. The Morgan fingerprint density at radius 1 is 1.09 bits per heavy atom. The first kappa shape index (κ1) is 27.9. The largest absolute Gasteiger partial charge is 0.379 e. The minimum atomic E-state index is -0.285. The number of H-pyrrole nitrogens is 1. The van der Waals surface area contributed by atoms with Crippen molar-refractivity contribution in [3.05, 3.63) is 70.5 Å². The number of rotatable bonds is 6. The van der Waals surface area contributed by atoms with Gasteiger partial charge in [-0.05, 0) is 49.6 Å². The fourth-order valence-electron chi connectivity index (χ4n) is 7.05. The number of anilines is 2. The number of nitrogens with one attached hydrogen (secondary N) is 1. The fourth-order valence-corrected chi connectivity index (χ4v) is 7.05. The number of hydrogen-bond acceptors (Lipinski definition) is 7. The van der Waals surface area contributed by atoms with Crippen molar-refractivity contribution >= 4 is 28.3 Å². The van der Waals surface area contributed by atoms with Crippen LogP contribution in [0.15, 0.2) is 42.6 Å². The van der Waals surface area contributed by atoms with E-state index in [1.165, 1.54) is 33.3 Å². The number of ether oxygens (including phenoxy) is 1. The molecule has 9 nitrogen and oxygen atoms in total. The first-order valence-corrected chi connectivity index (χ1v) is 15.4. The SMILES string of the molecule is Cc1ccc(C2(C)COC2)cc1N1CCc2nc(-c3cccc4[nH]cc(C)c34)nc(N3CCN(CC(N)=O)C(C)C3)c2C1. The smallest absolute Gasteiger partial charge is 0.231 e. The highest BCUT2D eigenvalue weighted by Gasteiger charge is 2.36. The first-order chi connectivity index (χ1) is 20.7. The van der Waals surface area contributed by atoms with E-state index in [1.807, 2.05) is 0 Å². The van der Waals surface area contributed by atoms with Gasteiger partial charge in [-0.3, -0.25) is 9.69 Å². The Morgan fingerprint density at radius 3 is 2.67 bits per heavy atom. The molecule has 3 aliphatic heterocycles. The van der Waals surface area contributed by atoms with E-state index in [-0.39, 0.29) is 23.9 Å². The summed E-state index contributed by atoms with van der Waals surface area (Å²) in [6.45, 7) is 14.6. The van der Waals surface area contributed by atoms with Gasteiger partial charge in [-0.25, -0.2) is 9.97 Å². The molecule has 0 saturated carbocycles. The summed E-state index contributed by atoms with van der Waals surface area (Å²) in [6.07, 6.45) is 2.90. The van der Waals surface area contributed by atoms with E-state index in [0.717, 1.165) is 80.8 Å². The molecule has 3 aliphatic rings. The van der Waals surface area contributed by atoms with Crippen molar-refractivity contribution in [2.24, 2.45) is 5.73 Å². The lowest BCUT2D eigenvalue weighted by Crippen LogP contribution is -2.54. The molecule has 3 N–H and O–H groups in total. The maximum atomic E-state index is 11.7. The van der Waals surface area contributed by atoms with Gasteiger partial charge >= 0.3 is 0 Å². The van der Waals surface area contributed by atoms with Gasteiger partial charge in [-0.1, -0.05) is 31.2 Å². The summed E-state index contributed by atoms with van der Waals surface area (Å²) in [5, 5.41) is 1.17. The molecule has 2 saturated heterocycles. The number of aromatic amines is 1. The Morgan fingerprint density at radius 2 is 1.93 bits per heavy atom. The molecule has 0 bridgehead atoms. The van der Waals surface area contributed by atoms with Gasteiger partial charge in [0.1, 0.15) is 5.82 Å². The average molecular weight is 580 g/mol. The maximum Gasteiger partial charge on any atom is 0.231 e. The maximum absolute atomic E-state index is 11.7. The lowest BCUT2D eigenvalue weighted by Gasteiger charge is -2.42. The van der Waals surface area contributed by atoms with Crippen LogP contribution in [0.5, 0.6) is 0 Å². The zero-order valence-electron chi connectivity index (χ0n) is 25.6. The summed E-state index contributed by atoms with van der Waals surface area (Å²) in [5.74, 6) is 1.50. The molecular formula is C34H41N7O2. The molecule has 43 heavy (non-hydrogen) atoms. The summed E-state index contributed by atoms with van der Waals surface area (Å²) in [5.41, 5.74) is 15.2. The Kier molecular flexibility index (Phi) is 6.90. The molecule has 0 aliphatic carbocycles. The predicted octanol–water partition coefficient (Wildman–Crippen LogP) is 4.09. The molecule has 4 aromatic rings. The third kappa shape index (κ3) is 4.94. The fraction of sp³-hybridized carbons (Fsp3) is 0.441. The van der Waals surface area contributed by atoms with Crippen molar-refractivity contribution in [2.45, 2.75) is 52.1 Å². The van der Waals surface area contributed by atoms with E-state index in [9.17, 15) is 4.79 Å². The normalized spacial score (nSPS) is 20.2. The number of carbonyl (C=O) groups is 1. The Hall–Kier alpha value is -3.95. The predicted molar refractivity (Wildman–Crippen MR) is 171 cm³/mol. The third-order valence-electron chi connectivity index (χ3n) is 9.69. The van der Waals surface area contributed by atoms with E-state index < -0.39 is 0 Å². The number of nitrogens with zero attached hydrogens (tertiary/aromatic N) is 5. The van der Waals surface area contributed by atoms with Crippen molar-refractivity contribution in [1.29, 1.82) is 0 Å². The summed E-state index contributed by atoms with van der Waals surface area (Å²) < 4.78 is 5.58. The van der Waals surface area contributed by atoms with Crippen LogP contribution in [0.3, 0.4) is 0 Å². The number of amides is 1. The molecule has 5 heterocycles. The molecule has 2 aromatic carbocycles. The summed E-state index contributed by atoms with van der Waals surface area (Å²) in [4.78, 5) is 32.8. The minimum absolute atomic E-state index is 0.0808. The molecule has 7 rings (SSSR count). The van der Waals surface area contributed by atoms with Gasteiger partial charge < -0.3 is 25.3 Å². The average Bonchev–Trinajstić information content (AvgIpc) is 3.37. The highest BCUT2D eigenvalue weighted by Crippen LogP contribution is 2.38. The molecule has 1 atom stereocenters. The highest BCUT2D eigenvalue weighted by atomic mass is 16.5. The number of benzene rings is 2. The Bertz CT molecular complexity index is 1710. The number of nitrogens with two attached hydrogens (primary N) is 1. The summed E-state index contributed by atoms with van der Waals surface area (Å²) >= 11 is 0. The molecule has 1 amide bonds. The lowest BCUT2D eigenvalue weighted by molar-refractivity contribution is -0.119.